The Bertz CT molecular complexity index is 435. The van der Waals surface area contributed by atoms with E-state index in [4.69, 9.17) is 23.2 Å². The zero-order valence-electron chi connectivity index (χ0n) is 6.23. The molecular formula is C7H5Cl2N3. The minimum Gasteiger partial charge on any atom is -0.355 e. The number of nitrogens with one attached hydrogen (secondary N) is 1. The largest absolute Gasteiger partial charge is 0.355 e. The smallest absolute Gasteiger partial charge is 0.224 e. The van der Waals surface area contributed by atoms with Gasteiger partial charge in [-0.2, -0.15) is 0 Å². The molecule has 0 spiro atoms. The van der Waals surface area contributed by atoms with E-state index >= 15 is 0 Å². The average molecular weight is 202 g/mol. The Kier molecular flexibility index (Phi) is 1.70. The second-order valence-corrected chi connectivity index (χ2v) is 3.19. The van der Waals surface area contributed by atoms with Gasteiger partial charge in [-0.25, -0.2) is 9.97 Å². The molecule has 2 aromatic heterocycles. The minimum absolute atomic E-state index is 0.173. The van der Waals surface area contributed by atoms with Crippen LogP contribution in [0.3, 0.4) is 0 Å². The van der Waals surface area contributed by atoms with Crippen LogP contribution in [0, 0.1) is 6.92 Å². The van der Waals surface area contributed by atoms with Crippen LogP contribution >= 0.6 is 23.2 Å². The molecule has 12 heavy (non-hydrogen) atoms. The molecule has 0 radical (unpaired) electrons. The number of hydrogen-bond donors (Lipinski definition) is 1. The molecule has 0 saturated heterocycles. The molecule has 2 heterocycles. The van der Waals surface area contributed by atoms with E-state index in [-0.39, 0.29) is 5.28 Å². The molecule has 3 nitrogen and oxygen atoms in total. The van der Waals surface area contributed by atoms with Crippen LogP contribution in [0.25, 0.3) is 11.0 Å². The number of nitrogens with zero attached hydrogens (tertiary/aromatic N) is 2. The Morgan fingerprint density at radius 3 is 2.83 bits per heavy atom. The number of hydrogen-bond acceptors (Lipinski definition) is 2. The summed E-state index contributed by atoms with van der Waals surface area (Å²) in [5.74, 6) is 0. The zero-order valence-corrected chi connectivity index (χ0v) is 7.74. The molecule has 0 saturated carbocycles. The Labute approximate surface area is 78.7 Å². The van der Waals surface area contributed by atoms with E-state index in [2.05, 4.69) is 15.0 Å². The Morgan fingerprint density at radius 2 is 2.08 bits per heavy atom. The van der Waals surface area contributed by atoms with Gasteiger partial charge in [0.15, 0.2) is 5.15 Å². The van der Waals surface area contributed by atoms with Gasteiger partial charge in [0.05, 0.1) is 5.52 Å². The Morgan fingerprint density at radius 1 is 1.33 bits per heavy atom. The summed E-state index contributed by atoms with van der Waals surface area (Å²) in [6.45, 7) is 1.92. The molecule has 0 atom stereocenters. The normalized spacial score (nSPS) is 10.9. The molecule has 0 bridgehead atoms. The van der Waals surface area contributed by atoms with Gasteiger partial charge in [-0.05, 0) is 24.6 Å². The van der Waals surface area contributed by atoms with E-state index in [1.807, 2.05) is 13.0 Å². The fourth-order valence-electron chi connectivity index (χ4n) is 1.08. The van der Waals surface area contributed by atoms with Crippen LogP contribution in [0.1, 0.15) is 5.69 Å². The summed E-state index contributed by atoms with van der Waals surface area (Å²) in [5.41, 5.74) is 2.47. The molecule has 2 rings (SSSR count). The molecule has 0 aliphatic carbocycles. The van der Waals surface area contributed by atoms with Crippen molar-refractivity contribution in [2.24, 2.45) is 0 Å². The quantitative estimate of drug-likeness (QED) is 0.526. The first-order valence-corrected chi connectivity index (χ1v) is 4.11. The molecule has 0 unspecified atom stereocenters. The van der Waals surface area contributed by atoms with E-state index in [1.165, 1.54) is 0 Å². The van der Waals surface area contributed by atoms with Crippen molar-refractivity contribution in [3.8, 4) is 0 Å². The van der Waals surface area contributed by atoms with Gasteiger partial charge < -0.3 is 4.98 Å². The van der Waals surface area contributed by atoms with E-state index in [0.29, 0.717) is 5.15 Å². The number of fused-ring (bicyclic) bond motifs is 1. The van der Waals surface area contributed by atoms with Gasteiger partial charge in [0.1, 0.15) is 5.52 Å². The monoisotopic (exact) mass is 201 g/mol. The van der Waals surface area contributed by atoms with Crippen LogP contribution < -0.4 is 0 Å². The lowest BCUT2D eigenvalue weighted by molar-refractivity contribution is 1.21. The molecule has 0 aliphatic rings. The number of rotatable bonds is 0. The maximum Gasteiger partial charge on any atom is 0.224 e. The lowest BCUT2D eigenvalue weighted by Gasteiger charge is -1.92. The summed E-state index contributed by atoms with van der Waals surface area (Å²) in [7, 11) is 0. The van der Waals surface area contributed by atoms with E-state index < -0.39 is 0 Å². The third kappa shape index (κ3) is 1.15. The standard InChI is InChI=1S/C7H5Cl2N3/c1-3-2-4-5(10-3)6(8)12-7(9)11-4/h2,10H,1H3. The first-order chi connectivity index (χ1) is 5.66. The van der Waals surface area contributed by atoms with Crippen LogP contribution in [-0.4, -0.2) is 15.0 Å². The molecule has 2 aromatic rings. The molecule has 0 fully saturated rings. The predicted octanol–water partition coefficient (Wildman–Crippen LogP) is 2.57. The molecule has 62 valence electrons. The number of halogens is 2. The van der Waals surface area contributed by atoms with Crippen molar-refractivity contribution in [1.29, 1.82) is 0 Å². The van der Waals surface area contributed by atoms with Crippen molar-refractivity contribution in [2.45, 2.75) is 6.92 Å². The van der Waals surface area contributed by atoms with Crippen LogP contribution in [0.4, 0.5) is 0 Å². The third-order valence-corrected chi connectivity index (χ3v) is 1.98. The van der Waals surface area contributed by atoms with Gasteiger partial charge in [-0.15, -0.1) is 0 Å². The summed E-state index contributed by atoms with van der Waals surface area (Å²) < 4.78 is 0. The van der Waals surface area contributed by atoms with E-state index in [0.717, 1.165) is 16.7 Å². The van der Waals surface area contributed by atoms with Crippen LogP contribution in [0.15, 0.2) is 6.07 Å². The number of aromatic amines is 1. The van der Waals surface area contributed by atoms with Crippen molar-refractivity contribution in [2.75, 3.05) is 0 Å². The van der Waals surface area contributed by atoms with Gasteiger partial charge in [0.2, 0.25) is 5.28 Å². The topological polar surface area (TPSA) is 41.6 Å². The first kappa shape index (κ1) is 7.83. The summed E-state index contributed by atoms with van der Waals surface area (Å²) in [6.07, 6.45) is 0. The van der Waals surface area contributed by atoms with Crippen molar-refractivity contribution < 1.29 is 0 Å². The SMILES string of the molecule is Cc1cc2nc(Cl)nc(Cl)c2[nH]1. The van der Waals surface area contributed by atoms with Crippen molar-refractivity contribution in [3.05, 3.63) is 22.2 Å². The Balaban J connectivity index is 2.88. The van der Waals surface area contributed by atoms with Crippen molar-refractivity contribution in [1.82, 2.24) is 15.0 Å². The molecular weight excluding hydrogens is 197 g/mol. The lowest BCUT2D eigenvalue weighted by atomic mass is 10.4. The second kappa shape index (κ2) is 2.61. The summed E-state index contributed by atoms with van der Waals surface area (Å²) >= 11 is 11.4. The maximum atomic E-state index is 5.81. The van der Waals surface area contributed by atoms with Gasteiger partial charge in [-0.1, -0.05) is 11.6 Å². The van der Waals surface area contributed by atoms with E-state index in [9.17, 15) is 0 Å². The highest BCUT2D eigenvalue weighted by atomic mass is 35.5. The van der Waals surface area contributed by atoms with Gasteiger partial charge in [0.25, 0.3) is 0 Å². The maximum absolute atomic E-state index is 5.81. The van der Waals surface area contributed by atoms with Crippen LogP contribution in [-0.2, 0) is 0 Å². The zero-order chi connectivity index (χ0) is 8.72. The lowest BCUT2D eigenvalue weighted by Crippen LogP contribution is -1.83. The summed E-state index contributed by atoms with van der Waals surface area (Å²) in [4.78, 5) is 10.8. The molecule has 0 aliphatic heterocycles. The van der Waals surface area contributed by atoms with Crippen LogP contribution in [0.2, 0.25) is 10.4 Å². The average Bonchev–Trinajstić information content (AvgIpc) is 2.29. The van der Waals surface area contributed by atoms with Gasteiger partial charge in [0, 0.05) is 5.69 Å². The molecule has 0 amide bonds. The Hall–Kier alpha value is -0.800. The van der Waals surface area contributed by atoms with Gasteiger partial charge in [-0.3, -0.25) is 0 Å². The van der Waals surface area contributed by atoms with Crippen molar-refractivity contribution in [3.63, 3.8) is 0 Å². The fourth-order valence-corrected chi connectivity index (χ4v) is 1.52. The van der Waals surface area contributed by atoms with Crippen molar-refractivity contribution >= 4 is 34.2 Å². The first-order valence-electron chi connectivity index (χ1n) is 3.35. The third-order valence-electron chi connectivity index (χ3n) is 1.54. The number of H-pyrrole nitrogens is 1. The number of aryl methyl sites for hydroxylation is 1. The van der Waals surface area contributed by atoms with Gasteiger partial charge >= 0.3 is 0 Å². The predicted molar refractivity (Wildman–Crippen MR) is 48.6 cm³/mol. The molecule has 1 N–H and O–H groups in total. The summed E-state index contributed by atoms with van der Waals surface area (Å²) in [5, 5.41) is 0.532. The highest BCUT2D eigenvalue weighted by Crippen LogP contribution is 2.21. The minimum atomic E-state index is 0.173. The fraction of sp³-hybridized carbons (Fsp3) is 0.143. The second-order valence-electron chi connectivity index (χ2n) is 2.50. The highest BCUT2D eigenvalue weighted by molar-refractivity contribution is 6.35. The van der Waals surface area contributed by atoms with E-state index in [1.54, 1.807) is 0 Å². The van der Waals surface area contributed by atoms with Crippen LogP contribution in [0.5, 0.6) is 0 Å². The molecule has 0 aromatic carbocycles. The summed E-state index contributed by atoms with van der Waals surface area (Å²) in [6, 6.07) is 1.87. The molecule has 5 heteroatoms. The number of aromatic nitrogens is 3. The highest BCUT2D eigenvalue weighted by Gasteiger charge is 2.05.